The van der Waals surface area contributed by atoms with Crippen LogP contribution in [0.15, 0.2) is 0 Å². The van der Waals surface area contributed by atoms with Crippen LogP contribution in [0.5, 0.6) is 0 Å². The van der Waals surface area contributed by atoms with Crippen LogP contribution in [0.2, 0.25) is 0 Å². The Morgan fingerprint density at radius 2 is 1.24 bits per heavy atom. The van der Waals surface area contributed by atoms with E-state index in [1.165, 1.54) is 13.8 Å². The molecule has 4 N–H and O–H groups in total. The molecular weight excluding hydrogens is 232 g/mol. The molecule has 0 aliphatic carbocycles. The number of carbonyl (C=O) groups is 2. The molecule has 2 unspecified atom stereocenters. The van der Waals surface area contributed by atoms with Gasteiger partial charge in [-0.05, 0) is 13.8 Å². The van der Waals surface area contributed by atoms with Gasteiger partial charge in [-0.25, -0.2) is 9.59 Å². The van der Waals surface area contributed by atoms with Crippen molar-refractivity contribution in [2.24, 2.45) is 0 Å². The molecule has 0 bridgehead atoms. The van der Waals surface area contributed by atoms with Crippen molar-refractivity contribution in [2.75, 3.05) is 13.2 Å². The average molecular weight is 250 g/mol. The van der Waals surface area contributed by atoms with E-state index < -0.39 is 36.4 Å². The first-order valence-electron chi connectivity index (χ1n) is 5.10. The molecule has 17 heavy (non-hydrogen) atoms. The molecule has 0 fully saturated rings. The fraction of sp³-hybridized carbons (Fsp3) is 0.800. The molecule has 0 heterocycles. The maximum absolute atomic E-state index is 11.0. The minimum atomic E-state index is -1.81. The summed E-state index contributed by atoms with van der Waals surface area (Å²) in [5.74, 6) is -2.73. The van der Waals surface area contributed by atoms with E-state index in [9.17, 15) is 9.59 Å². The smallest absolute Gasteiger partial charge is 0.335 e. The van der Waals surface area contributed by atoms with E-state index in [-0.39, 0.29) is 12.8 Å². The van der Waals surface area contributed by atoms with Gasteiger partial charge in [-0.2, -0.15) is 0 Å². The Bertz CT molecular complexity index is 262. The first-order valence-corrected chi connectivity index (χ1v) is 5.10. The Labute approximate surface area is 98.6 Å². The second-order valence-corrected chi connectivity index (χ2v) is 4.12. The minimum Gasteiger partial charge on any atom is -0.479 e. The summed E-state index contributed by atoms with van der Waals surface area (Å²) in [6.45, 7) is 1.48. The molecule has 100 valence electrons. The molecule has 0 saturated heterocycles. The zero-order valence-electron chi connectivity index (χ0n) is 9.84. The van der Waals surface area contributed by atoms with Gasteiger partial charge in [-0.1, -0.05) is 0 Å². The van der Waals surface area contributed by atoms with Crippen molar-refractivity contribution in [3.05, 3.63) is 0 Å². The quantitative estimate of drug-likeness (QED) is 0.455. The number of aliphatic carboxylic acids is 2. The van der Waals surface area contributed by atoms with Crippen LogP contribution in [0.25, 0.3) is 0 Å². The van der Waals surface area contributed by atoms with Crippen LogP contribution in [0, 0.1) is 0 Å². The zero-order valence-corrected chi connectivity index (χ0v) is 9.84. The highest BCUT2D eigenvalue weighted by atomic mass is 16.6. The van der Waals surface area contributed by atoms with Crippen molar-refractivity contribution >= 4 is 11.9 Å². The lowest BCUT2D eigenvalue weighted by atomic mass is 9.97. The van der Waals surface area contributed by atoms with Gasteiger partial charge in [0, 0.05) is 26.1 Å². The van der Waals surface area contributed by atoms with Crippen molar-refractivity contribution in [1.82, 2.24) is 0 Å². The standard InChI is InChI=1S/C10H18O7/c1-9(3-5-11,7(13)14)17-10(2,4-6-12)8(15)16/h11-12H,3-6H2,1-2H3,(H,13,14)(H,15,16). The molecule has 0 radical (unpaired) electrons. The third-order valence-electron chi connectivity index (χ3n) is 2.53. The summed E-state index contributed by atoms with van der Waals surface area (Å²) in [7, 11) is 0. The Hall–Kier alpha value is -1.18. The predicted octanol–water partition coefficient (Wildman–Crippen LogP) is -0.546. The van der Waals surface area contributed by atoms with E-state index in [2.05, 4.69) is 0 Å². The van der Waals surface area contributed by atoms with E-state index in [0.29, 0.717) is 0 Å². The highest BCUT2D eigenvalue weighted by molar-refractivity contribution is 5.80. The predicted molar refractivity (Wildman–Crippen MR) is 56.6 cm³/mol. The number of rotatable bonds is 8. The zero-order chi connectivity index (χ0) is 13.7. The second kappa shape index (κ2) is 5.95. The summed E-state index contributed by atoms with van der Waals surface area (Å²) in [5.41, 5.74) is -3.62. The molecule has 0 aromatic rings. The molecule has 0 aliphatic heterocycles. The Morgan fingerprint density at radius 3 is 1.41 bits per heavy atom. The van der Waals surface area contributed by atoms with Crippen molar-refractivity contribution < 1.29 is 34.8 Å². The molecule has 7 nitrogen and oxygen atoms in total. The maximum Gasteiger partial charge on any atom is 0.335 e. The van der Waals surface area contributed by atoms with Gasteiger partial charge in [0.1, 0.15) is 0 Å². The average Bonchev–Trinajstić information content (AvgIpc) is 2.17. The van der Waals surface area contributed by atoms with Crippen molar-refractivity contribution in [3.8, 4) is 0 Å². The van der Waals surface area contributed by atoms with Crippen molar-refractivity contribution in [2.45, 2.75) is 37.9 Å². The van der Waals surface area contributed by atoms with Gasteiger partial charge >= 0.3 is 11.9 Å². The summed E-state index contributed by atoms with van der Waals surface area (Å²) in [5, 5.41) is 35.5. The Balaban J connectivity index is 5.06. The molecule has 0 spiro atoms. The number of carboxylic acid groups (broad SMARTS) is 2. The lowest BCUT2D eigenvalue weighted by Crippen LogP contribution is -2.51. The number of hydrogen-bond donors (Lipinski definition) is 4. The van der Waals surface area contributed by atoms with Crippen LogP contribution in [-0.4, -0.2) is 56.8 Å². The normalized spacial score (nSPS) is 18.1. The highest BCUT2D eigenvalue weighted by Crippen LogP contribution is 2.27. The maximum atomic E-state index is 11.0. The lowest BCUT2D eigenvalue weighted by Gasteiger charge is -2.34. The SMILES string of the molecule is CC(CCO)(OC(C)(CCO)C(=O)O)C(=O)O. The van der Waals surface area contributed by atoms with Crippen LogP contribution in [-0.2, 0) is 14.3 Å². The van der Waals surface area contributed by atoms with Gasteiger partial charge in [0.2, 0.25) is 0 Å². The summed E-state index contributed by atoms with van der Waals surface area (Å²) in [6.07, 6.45) is -0.479. The Morgan fingerprint density at radius 1 is 0.941 bits per heavy atom. The number of hydrogen-bond acceptors (Lipinski definition) is 5. The summed E-state index contributed by atoms with van der Waals surface area (Å²) in [4.78, 5) is 22.0. The van der Waals surface area contributed by atoms with Gasteiger partial charge in [-0.15, -0.1) is 0 Å². The molecule has 0 amide bonds. The fourth-order valence-corrected chi connectivity index (χ4v) is 1.33. The molecule has 7 heteroatoms. The first-order chi connectivity index (χ1) is 7.72. The highest BCUT2D eigenvalue weighted by Gasteiger charge is 2.45. The topological polar surface area (TPSA) is 124 Å². The molecule has 0 saturated carbocycles. The molecule has 2 atom stereocenters. The molecular formula is C10H18O7. The van der Waals surface area contributed by atoms with Gasteiger partial charge in [0.15, 0.2) is 11.2 Å². The van der Waals surface area contributed by atoms with Crippen LogP contribution < -0.4 is 0 Å². The summed E-state index contributed by atoms with van der Waals surface area (Å²) >= 11 is 0. The van der Waals surface area contributed by atoms with Gasteiger partial charge in [0.25, 0.3) is 0 Å². The number of ether oxygens (including phenoxy) is 1. The minimum absolute atomic E-state index is 0.239. The lowest BCUT2D eigenvalue weighted by molar-refractivity contribution is -0.203. The monoisotopic (exact) mass is 250 g/mol. The van der Waals surface area contributed by atoms with Gasteiger partial charge < -0.3 is 25.2 Å². The fourth-order valence-electron chi connectivity index (χ4n) is 1.33. The van der Waals surface area contributed by atoms with Crippen molar-refractivity contribution in [3.63, 3.8) is 0 Å². The largest absolute Gasteiger partial charge is 0.479 e. The van der Waals surface area contributed by atoms with Crippen LogP contribution >= 0.6 is 0 Å². The van der Waals surface area contributed by atoms with Crippen LogP contribution in [0.1, 0.15) is 26.7 Å². The number of carboxylic acids is 2. The van der Waals surface area contributed by atoms with Crippen molar-refractivity contribution in [1.29, 1.82) is 0 Å². The second-order valence-electron chi connectivity index (χ2n) is 4.12. The van der Waals surface area contributed by atoms with Gasteiger partial charge in [-0.3, -0.25) is 0 Å². The van der Waals surface area contributed by atoms with E-state index in [1.54, 1.807) is 0 Å². The van der Waals surface area contributed by atoms with E-state index >= 15 is 0 Å². The number of aliphatic hydroxyl groups is 2. The van der Waals surface area contributed by atoms with Crippen LogP contribution in [0.4, 0.5) is 0 Å². The van der Waals surface area contributed by atoms with E-state index in [4.69, 9.17) is 25.2 Å². The molecule has 0 aliphatic rings. The van der Waals surface area contributed by atoms with E-state index in [1.807, 2.05) is 0 Å². The van der Waals surface area contributed by atoms with Gasteiger partial charge in [0.05, 0.1) is 0 Å². The summed E-state index contributed by atoms with van der Waals surface area (Å²) in [6, 6.07) is 0. The first kappa shape index (κ1) is 15.8. The van der Waals surface area contributed by atoms with E-state index in [0.717, 1.165) is 0 Å². The van der Waals surface area contributed by atoms with Crippen LogP contribution in [0.3, 0.4) is 0 Å². The number of aliphatic hydroxyl groups excluding tert-OH is 2. The molecule has 0 rings (SSSR count). The summed E-state index contributed by atoms with van der Waals surface area (Å²) < 4.78 is 5.11. The third-order valence-corrected chi connectivity index (χ3v) is 2.53. The third kappa shape index (κ3) is 3.95. The molecule has 0 aromatic carbocycles. The molecule has 0 aromatic heterocycles. The Kier molecular flexibility index (Phi) is 5.53.